The largest absolute Gasteiger partial charge is 0.494 e. The highest BCUT2D eigenvalue weighted by molar-refractivity contribution is 5.95. The number of rotatable bonds is 11. The van der Waals surface area contributed by atoms with E-state index in [1.807, 2.05) is 24.3 Å². The highest BCUT2D eigenvalue weighted by Crippen LogP contribution is 2.16. The Morgan fingerprint density at radius 1 is 0.968 bits per heavy atom. The van der Waals surface area contributed by atoms with Gasteiger partial charge in [-0.05, 0) is 67.1 Å². The molecule has 0 atom stereocenters. The molecule has 0 aliphatic rings. The van der Waals surface area contributed by atoms with Gasteiger partial charge in [-0.1, -0.05) is 13.3 Å². The van der Waals surface area contributed by atoms with Gasteiger partial charge in [0.1, 0.15) is 11.5 Å². The maximum atomic E-state index is 12.2. The van der Waals surface area contributed by atoms with Crippen molar-refractivity contribution in [2.24, 2.45) is 0 Å². The molecule has 0 aliphatic carbocycles. The average Bonchev–Trinajstić information content (AvgIpc) is 3.31. The molecule has 0 fully saturated rings. The Morgan fingerprint density at radius 3 is 2.39 bits per heavy atom. The minimum Gasteiger partial charge on any atom is -0.494 e. The first-order chi connectivity index (χ1) is 15.1. The van der Waals surface area contributed by atoms with Crippen LogP contribution in [0.4, 0.5) is 11.4 Å². The van der Waals surface area contributed by atoms with E-state index in [1.54, 1.807) is 42.7 Å². The van der Waals surface area contributed by atoms with Gasteiger partial charge in [-0.15, -0.1) is 0 Å². The van der Waals surface area contributed by atoms with Gasteiger partial charge in [0, 0.05) is 16.9 Å². The molecule has 3 rings (SSSR count). The SMILES string of the molecule is CCCCOc1ccc(NC(=O)CNc2ccc(C(=O)NCc3ccco3)cc2)cc1. The Hall–Kier alpha value is -3.74. The number of furan rings is 1. The van der Waals surface area contributed by atoms with E-state index in [2.05, 4.69) is 22.9 Å². The quantitative estimate of drug-likeness (QED) is 0.398. The summed E-state index contributed by atoms with van der Waals surface area (Å²) in [5, 5.41) is 8.67. The molecule has 31 heavy (non-hydrogen) atoms. The van der Waals surface area contributed by atoms with Gasteiger partial charge >= 0.3 is 0 Å². The molecule has 0 radical (unpaired) electrons. The Morgan fingerprint density at radius 2 is 1.71 bits per heavy atom. The number of ether oxygens (including phenoxy) is 1. The van der Waals surface area contributed by atoms with E-state index in [0.717, 1.165) is 24.3 Å². The zero-order chi connectivity index (χ0) is 21.9. The summed E-state index contributed by atoms with van der Waals surface area (Å²) in [6, 6.07) is 17.8. The fourth-order valence-corrected chi connectivity index (χ4v) is 2.78. The van der Waals surface area contributed by atoms with E-state index in [1.165, 1.54) is 0 Å². The fourth-order valence-electron chi connectivity index (χ4n) is 2.78. The number of benzene rings is 2. The van der Waals surface area contributed by atoms with Gasteiger partial charge in [-0.2, -0.15) is 0 Å². The van der Waals surface area contributed by atoms with Crippen LogP contribution in [0.1, 0.15) is 35.9 Å². The molecule has 3 aromatic rings. The monoisotopic (exact) mass is 421 g/mol. The van der Waals surface area contributed by atoms with Crippen LogP contribution in [-0.4, -0.2) is 25.0 Å². The second kappa shape index (κ2) is 11.4. The molecule has 0 aliphatic heterocycles. The molecular formula is C24H27N3O4. The number of carbonyl (C=O) groups is 2. The van der Waals surface area contributed by atoms with Crippen LogP contribution < -0.4 is 20.7 Å². The molecule has 1 heterocycles. The summed E-state index contributed by atoms with van der Waals surface area (Å²) < 4.78 is 10.8. The Bertz CT molecular complexity index is 952. The molecular weight excluding hydrogens is 394 g/mol. The summed E-state index contributed by atoms with van der Waals surface area (Å²) in [4.78, 5) is 24.3. The van der Waals surface area contributed by atoms with Crippen molar-refractivity contribution in [3.63, 3.8) is 0 Å². The molecule has 2 amide bonds. The summed E-state index contributed by atoms with van der Waals surface area (Å²) >= 11 is 0. The second-order valence-electron chi connectivity index (χ2n) is 6.97. The first-order valence-corrected chi connectivity index (χ1v) is 10.3. The minimum absolute atomic E-state index is 0.110. The number of nitrogens with one attached hydrogen (secondary N) is 3. The summed E-state index contributed by atoms with van der Waals surface area (Å²) in [5.74, 6) is 1.12. The molecule has 0 spiro atoms. The lowest BCUT2D eigenvalue weighted by atomic mass is 10.2. The van der Waals surface area contributed by atoms with Crippen LogP contribution in [0, 0.1) is 0 Å². The predicted octanol–water partition coefficient (Wildman–Crippen LogP) is 4.44. The predicted molar refractivity (Wildman–Crippen MR) is 120 cm³/mol. The zero-order valence-corrected chi connectivity index (χ0v) is 17.5. The van der Waals surface area contributed by atoms with E-state index in [9.17, 15) is 9.59 Å². The van der Waals surface area contributed by atoms with Gasteiger partial charge in [-0.25, -0.2) is 0 Å². The topological polar surface area (TPSA) is 92.6 Å². The summed E-state index contributed by atoms with van der Waals surface area (Å²) in [6.07, 6.45) is 3.67. The minimum atomic E-state index is -0.192. The smallest absolute Gasteiger partial charge is 0.251 e. The van der Waals surface area contributed by atoms with Gasteiger partial charge in [0.25, 0.3) is 5.91 Å². The lowest BCUT2D eigenvalue weighted by Crippen LogP contribution is -2.23. The second-order valence-corrected chi connectivity index (χ2v) is 6.97. The fraction of sp³-hybridized carbons (Fsp3) is 0.250. The van der Waals surface area contributed by atoms with Crippen LogP contribution in [0.25, 0.3) is 0 Å². The van der Waals surface area contributed by atoms with Crippen LogP contribution in [0.15, 0.2) is 71.3 Å². The van der Waals surface area contributed by atoms with Crippen LogP contribution >= 0.6 is 0 Å². The maximum absolute atomic E-state index is 12.2. The van der Waals surface area contributed by atoms with Crippen molar-refractivity contribution in [1.82, 2.24) is 5.32 Å². The Kier molecular flexibility index (Phi) is 8.11. The van der Waals surface area contributed by atoms with E-state index in [0.29, 0.717) is 30.2 Å². The summed E-state index contributed by atoms with van der Waals surface area (Å²) in [6.45, 7) is 3.25. The van der Waals surface area contributed by atoms with Crippen molar-refractivity contribution < 1.29 is 18.7 Å². The van der Waals surface area contributed by atoms with Crippen LogP contribution in [0.5, 0.6) is 5.75 Å². The van der Waals surface area contributed by atoms with Crippen molar-refractivity contribution >= 4 is 23.2 Å². The molecule has 3 N–H and O–H groups in total. The Labute approximate surface area is 181 Å². The molecule has 7 heteroatoms. The number of carbonyl (C=O) groups excluding carboxylic acids is 2. The first-order valence-electron chi connectivity index (χ1n) is 10.3. The van der Waals surface area contributed by atoms with Gasteiger partial charge in [0.05, 0.1) is 26.0 Å². The number of hydrogen-bond donors (Lipinski definition) is 3. The first kappa shape index (κ1) is 22.0. The van der Waals surface area contributed by atoms with E-state index >= 15 is 0 Å². The zero-order valence-electron chi connectivity index (χ0n) is 17.5. The molecule has 0 saturated heterocycles. The van der Waals surface area contributed by atoms with Gasteiger partial charge in [0.15, 0.2) is 0 Å². The van der Waals surface area contributed by atoms with Crippen LogP contribution in [0.3, 0.4) is 0 Å². The van der Waals surface area contributed by atoms with E-state index in [-0.39, 0.29) is 18.4 Å². The number of unbranched alkanes of at least 4 members (excludes halogenated alkanes) is 1. The third-order valence-corrected chi connectivity index (χ3v) is 4.51. The third-order valence-electron chi connectivity index (χ3n) is 4.51. The van der Waals surface area contributed by atoms with Gasteiger partial charge in [-0.3, -0.25) is 9.59 Å². The molecule has 162 valence electrons. The normalized spacial score (nSPS) is 10.4. The highest BCUT2D eigenvalue weighted by atomic mass is 16.5. The maximum Gasteiger partial charge on any atom is 0.251 e. The highest BCUT2D eigenvalue weighted by Gasteiger charge is 2.07. The number of amides is 2. The van der Waals surface area contributed by atoms with E-state index < -0.39 is 0 Å². The van der Waals surface area contributed by atoms with Crippen molar-refractivity contribution in [1.29, 1.82) is 0 Å². The van der Waals surface area contributed by atoms with Gasteiger partial charge in [0.2, 0.25) is 5.91 Å². The molecule has 7 nitrogen and oxygen atoms in total. The summed E-state index contributed by atoms with van der Waals surface area (Å²) in [5.41, 5.74) is 1.98. The lowest BCUT2D eigenvalue weighted by Gasteiger charge is -2.10. The molecule has 2 aromatic carbocycles. The molecule has 0 bridgehead atoms. The number of hydrogen-bond acceptors (Lipinski definition) is 5. The van der Waals surface area contributed by atoms with Crippen molar-refractivity contribution in [3.05, 3.63) is 78.3 Å². The van der Waals surface area contributed by atoms with Crippen LogP contribution in [-0.2, 0) is 11.3 Å². The molecule has 0 unspecified atom stereocenters. The summed E-state index contributed by atoms with van der Waals surface area (Å²) in [7, 11) is 0. The van der Waals surface area contributed by atoms with E-state index in [4.69, 9.17) is 9.15 Å². The number of anilines is 2. The van der Waals surface area contributed by atoms with Crippen LogP contribution in [0.2, 0.25) is 0 Å². The lowest BCUT2D eigenvalue weighted by molar-refractivity contribution is -0.114. The van der Waals surface area contributed by atoms with Crippen molar-refractivity contribution in [3.8, 4) is 5.75 Å². The van der Waals surface area contributed by atoms with Crippen molar-refractivity contribution in [2.75, 3.05) is 23.8 Å². The average molecular weight is 421 g/mol. The Balaban J connectivity index is 1.41. The van der Waals surface area contributed by atoms with Gasteiger partial charge < -0.3 is 25.1 Å². The molecule has 0 saturated carbocycles. The molecule has 1 aromatic heterocycles. The standard InChI is InChI=1S/C24H27N3O4/c1-2-3-14-30-21-12-10-20(11-13-21)27-23(28)17-25-19-8-6-18(7-9-19)24(29)26-16-22-5-4-15-31-22/h4-13,15,25H,2-3,14,16-17H2,1H3,(H,26,29)(H,27,28). The third kappa shape index (κ3) is 7.22. The van der Waals surface area contributed by atoms with Crippen molar-refractivity contribution in [2.45, 2.75) is 26.3 Å².